The predicted molar refractivity (Wildman–Crippen MR) is 74.5 cm³/mol. The van der Waals surface area contributed by atoms with Gasteiger partial charge in [0.2, 0.25) is 0 Å². The monoisotopic (exact) mass is 260 g/mol. The number of carbonyl (C=O) groups is 1. The van der Waals surface area contributed by atoms with E-state index >= 15 is 0 Å². The molecule has 2 fully saturated rings. The van der Waals surface area contributed by atoms with Crippen LogP contribution in [0.1, 0.15) is 40.5 Å². The number of nitrogens with one attached hydrogen (secondary N) is 1. The van der Waals surface area contributed by atoms with Crippen LogP contribution in [0.25, 0.3) is 0 Å². The Bertz CT molecular complexity index is 504. The quantitative estimate of drug-likeness (QED) is 0.842. The Kier molecular flexibility index (Phi) is 3.14. The molecule has 2 aliphatic rings. The predicted octanol–water partition coefficient (Wildman–Crippen LogP) is 0.776. The van der Waals surface area contributed by atoms with Gasteiger partial charge < -0.3 is 16.0 Å². The van der Waals surface area contributed by atoms with Gasteiger partial charge in [0.25, 0.3) is 5.91 Å². The second-order valence-corrected chi connectivity index (χ2v) is 5.41. The van der Waals surface area contributed by atoms with Gasteiger partial charge in [-0.15, -0.1) is 0 Å². The summed E-state index contributed by atoms with van der Waals surface area (Å²) < 4.78 is 0. The second-order valence-electron chi connectivity index (χ2n) is 5.41. The fourth-order valence-electron chi connectivity index (χ4n) is 2.74. The topological polar surface area (TPSA) is 71.2 Å². The Morgan fingerprint density at radius 1 is 1.42 bits per heavy atom. The zero-order valence-electron chi connectivity index (χ0n) is 11.3. The van der Waals surface area contributed by atoms with Crippen molar-refractivity contribution in [2.75, 3.05) is 31.1 Å². The summed E-state index contributed by atoms with van der Waals surface area (Å²) in [5, 5.41) is 3.35. The zero-order valence-corrected chi connectivity index (χ0v) is 11.3. The number of hydrogen-bond donors (Lipinski definition) is 2. The Hall–Kier alpha value is -1.62. The van der Waals surface area contributed by atoms with Crippen LogP contribution in [0, 0.1) is 6.92 Å². The third-order valence-electron chi connectivity index (χ3n) is 3.92. The molecule has 0 atom stereocenters. The summed E-state index contributed by atoms with van der Waals surface area (Å²) in [6.07, 6.45) is 2.29. The van der Waals surface area contributed by atoms with E-state index in [-0.39, 0.29) is 0 Å². The van der Waals surface area contributed by atoms with Gasteiger partial charge in [0.15, 0.2) is 0 Å². The summed E-state index contributed by atoms with van der Waals surface area (Å²) in [6, 6.07) is 2.14. The summed E-state index contributed by atoms with van der Waals surface area (Å²) in [7, 11) is 0. The molecule has 0 radical (unpaired) electrons. The number of nitrogens with zero attached hydrogens (tertiary/aromatic N) is 2. The molecule has 1 aromatic rings. The van der Waals surface area contributed by atoms with E-state index in [1.807, 2.05) is 6.92 Å². The second kappa shape index (κ2) is 4.81. The summed E-state index contributed by atoms with van der Waals surface area (Å²) >= 11 is 0. The average molecular weight is 260 g/mol. The molecule has 0 unspecified atom stereocenters. The number of primary amides is 1. The highest BCUT2D eigenvalue weighted by Gasteiger charge is 2.30. The molecule has 19 heavy (non-hydrogen) atoms. The minimum atomic E-state index is -0.406. The zero-order chi connectivity index (χ0) is 13.4. The van der Waals surface area contributed by atoms with Crippen molar-refractivity contribution in [2.45, 2.75) is 25.7 Å². The lowest BCUT2D eigenvalue weighted by Crippen LogP contribution is -2.44. The number of hydrogen-bond acceptors (Lipinski definition) is 4. The van der Waals surface area contributed by atoms with Crippen LogP contribution in [0.4, 0.5) is 5.69 Å². The first-order valence-corrected chi connectivity index (χ1v) is 6.94. The highest BCUT2D eigenvalue weighted by molar-refractivity contribution is 5.93. The number of rotatable bonds is 3. The van der Waals surface area contributed by atoms with Gasteiger partial charge in [-0.3, -0.25) is 4.79 Å². The van der Waals surface area contributed by atoms with E-state index in [1.54, 1.807) is 0 Å². The fraction of sp³-hybridized carbons (Fsp3) is 0.571. The van der Waals surface area contributed by atoms with Crippen molar-refractivity contribution in [2.24, 2.45) is 5.73 Å². The van der Waals surface area contributed by atoms with Crippen molar-refractivity contribution in [1.29, 1.82) is 0 Å². The smallest absolute Gasteiger partial charge is 0.267 e. The van der Waals surface area contributed by atoms with Gasteiger partial charge in [0.05, 0.1) is 11.4 Å². The lowest BCUT2D eigenvalue weighted by molar-refractivity contribution is 0.0994. The van der Waals surface area contributed by atoms with Crippen LogP contribution in [-0.2, 0) is 0 Å². The number of nitrogens with two attached hydrogens (primary N) is 1. The Morgan fingerprint density at radius 3 is 2.68 bits per heavy atom. The molecule has 1 aliphatic heterocycles. The van der Waals surface area contributed by atoms with Crippen LogP contribution in [-0.4, -0.2) is 37.1 Å². The van der Waals surface area contributed by atoms with Gasteiger partial charge >= 0.3 is 0 Å². The molecule has 0 spiro atoms. The third-order valence-corrected chi connectivity index (χ3v) is 3.92. The average Bonchev–Trinajstić information content (AvgIpc) is 3.23. The number of amides is 1. The number of aryl methyl sites for hydroxylation is 1. The minimum Gasteiger partial charge on any atom is -0.368 e. The first kappa shape index (κ1) is 12.4. The largest absolute Gasteiger partial charge is 0.368 e. The van der Waals surface area contributed by atoms with E-state index in [0.29, 0.717) is 11.6 Å². The SMILES string of the molecule is Cc1nc(C(N)=O)c(C2CC2)cc1N1CCNCC1. The van der Waals surface area contributed by atoms with E-state index in [9.17, 15) is 4.79 Å². The molecule has 1 amide bonds. The maximum atomic E-state index is 11.5. The molecule has 2 heterocycles. The van der Waals surface area contributed by atoms with Crippen LogP contribution < -0.4 is 16.0 Å². The summed E-state index contributed by atoms with van der Waals surface area (Å²) in [4.78, 5) is 18.3. The third kappa shape index (κ3) is 2.42. The van der Waals surface area contributed by atoms with Gasteiger partial charge in [-0.25, -0.2) is 4.98 Å². The molecule has 5 heteroatoms. The first-order chi connectivity index (χ1) is 9.16. The normalized spacial score (nSPS) is 19.5. The summed E-state index contributed by atoms with van der Waals surface area (Å²) in [6.45, 7) is 5.93. The Balaban J connectivity index is 2.00. The van der Waals surface area contributed by atoms with E-state index in [2.05, 4.69) is 21.3 Å². The van der Waals surface area contributed by atoms with E-state index in [1.165, 1.54) is 0 Å². The Labute approximate surface area is 113 Å². The molecular weight excluding hydrogens is 240 g/mol. The van der Waals surface area contributed by atoms with Gasteiger partial charge in [-0.05, 0) is 37.3 Å². The molecule has 3 rings (SSSR count). The molecule has 5 nitrogen and oxygen atoms in total. The van der Waals surface area contributed by atoms with Crippen molar-refractivity contribution >= 4 is 11.6 Å². The molecule has 1 aliphatic carbocycles. The highest BCUT2D eigenvalue weighted by atomic mass is 16.1. The molecule has 102 valence electrons. The lowest BCUT2D eigenvalue weighted by Gasteiger charge is -2.31. The maximum Gasteiger partial charge on any atom is 0.267 e. The van der Waals surface area contributed by atoms with Crippen molar-refractivity contribution in [3.05, 3.63) is 23.0 Å². The van der Waals surface area contributed by atoms with Crippen LogP contribution in [0.15, 0.2) is 6.07 Å². The van der Waals surface area contributed by atoms with Crippen LogP contribution in [0.2, 0.25) is 0 Å². The minimum absolute atomic E-state index is 0.406. The van der Waals surface area contributed by atoms with E-state index in [0.717, 1.165) is 56.0 Å². The summed E-state index contributed by atoms with van der Waals surface area (Å²) in [5.41, 5.74) is 9.03. The molecular formula is C14H20N4O. The lowest BCUT2D eigenvalue weighted by atomic mass is 10.1. The molecule has 0 bridgehead atoms. The summed E-state index contributed by atoms with van der Waals surface area (Å²) in [5.74, 6) is 0.0779. The number of pyridine rings is 1. The van der Waals surface area contributed by atoms with Gasteiger partial charge in [-0.1, -0.05) is 0 Å². The number of anilines is 1. The van der Waals surface area contributed by atoms with Crippen molar-refractivity contribution in [1.82, 2.24) is 10.3 Å². The first-order valence-electron chi connectivity index (χ1n) is 6.94. The molecule has 0 aromatic carbocycles. The molecule has 3 N–H and O–H groups in total. The number of piperazine rings is 1. The van der Waals surface area contributed by atoms with Crippen LogP contribution >= 0.6 is 0 Å². The van der Waals surface area contributed by atoms with Crippen LogP contribution in [0.3, 0.4) is 0 Å². The van der Waals surface area contributed by atoms with Crippen molar-refractivity contribution in [3.63, 3.8) is 0 Å². The molecule has 1 saturated carbocycles. The van der Waals surface area contributed by atoms with Crippen molar-refractivity contribution < 1.29 is 4.79 Å². The fourth-order valence-corrected chi connectivity index (χ4v) is 2.74. The number of carbonyl (C=O) groups excluding carboxylic acids is 1. The maximum absolute atomic E-state index is 11.5. The van der Waals surface area contributed by atoms with Gasteiger partial charge in [0, 0.05) is 26.2 Å². The standard InChI is InChI=1S/C14H20N4O/c1-9-12(18-6-4-16-5-7-18)8-11(10-2-3-10)13(17-9)14(15)19/h8,10,16H,2-7H2,1H3,(H2,15,19). The highest BCUT2D eigenvalue weighted by Crippen LogP contribution is 2.42. The Morgan fingerprint density at radius 2 is 2.11 bits per heavy atom. The van der Waals surface area contributed by atoms with Gasteiger partial charge in [-0.2, -0.15) is 0 Å². The van der Waals surface area contributed by atoms with Crippen LogP contribution in [0.5, 0.6) is 0 Å². The van der Waals surface area contributed by atoms with E-state index < -0.39 is 5.91 Å². The van der Waals surface area contributed by atoms with Gasteiger partial charge in [0.1, 0.15) is 5.69 Å². The van der Waals surface area contributed by atoms with E-state index in [4.69, 9.17) is 5.73 Å². The molecule has 1 aromatic heterocycles. The molecule has 1 saturated heterocycles. The van der Waals surface area contributed by atoms with Crippen molar-refractivity contribution in [3.8, 4) is 0 Å². The number of aromatic nitrogens is 1.